The molecule has 6 heteroatoms. The largest absolute Gasteiger partial charge is 2.00 e. The molecule has 0 atom stereocenters. The second kappa shape index (κ2) is 17.6. The first kappa shape index (κ1) is 27.1. The van der Waals surface area contributed by atoms with Crippen LogP contribution in [-0.2, 0) is 18.6 Å². The molecule has 0 bridgehead atoms. The second-order valence-corrected chi connectivity index (χ2v) is 4.01. The molecule has 0 aliphatic heterocycles. The van der Waals surface area contributed by atoms with Gasteiger partial charge in [0.25, 0.3) is 0 Å². The summed E-state index contributed by atoms with van der Waals surface area (Å²) in [7, 11) is 0. The van der Waals surface area contributed by atoms with Gasteiger partial charge in [0.1, 0.15) is 17.2 Å². The molecule has 0 aliphatic rings. The number of phenolic OH excluding ortho intramolecular Hbond substituents is 3. The molecule has 0 aromatic heterocycles. The van der Waals surface area contributed by atoms with E-state index in [2.05, 4.69) is 0 Å². The van der Waals surface area contributed by atoms with Crippen molar-refractivity contribution in [2.24, 2.45) is 0 Å². The Kier molecular flexibility index (Phi) is 19.8. The number of phenols is 3. The topological polar surface area (TPSA) is 60.7 Å². The van der Waals surface area contributed by atoms with Crippen LogP contribution in [0.4, 0.5) is 0 Å². The molecule has 0 saturated carbocycles. The van der Waals surface area contributed by atoms with Gasteiger partial charge in [-0.05, 0) is 36.4 Å². The molecule has 0 fully saturated rings. The molecule has 3 nitrogen and oxygen atoms in total. The maximum atomic E-state index is 8.63. The molecule has 24 heavy (non-hydrogen) atoms. The van der Waals surface area contributed by atoms with Crippen LogP contribution in [0.2, 0.25) is 0 Å². The fraction of sp³-hybridized carbons (Fsp3) is 0. The van der Waals surface area contributed by atoms with Crippen molar-refractivity contribution in [3.8, 4) is 17.2 Å². The minimum absolute atomic E-state index is 0. The zero-order valence-electron chi connectivity index (χ0n) is 12.7. The van der Waals surface area contributed by atoms with Crippen LogP contribution in [0.15, 0.2) is 91.0 Å². The molecule has 3 aromatic carbocycles. The van der Waals surface area contributed by atoms with Gasteiger partial charge in [0.2, 0.25) is 0 Å². The molecule has 0 heterocycles. The summed E-state index contributed by atoms with van der Waals surface area (Å²) >= 11 is 0. The number of aromatic hydroxyl groups is 3. The Balaban J connectivity index is -0.000000259. The van der Waals surface area contributed by atoms with E-state index in [1.54, 1.807) is 72.8 Å². The number of halogens is 2. The number of para-hydroxylation sites is 3. The zero-order valence-corrected chi connectivity index (χ0v) is 15.6. The van der Waals surface area contributed by atoms with Crippen LogP contribution in [0, 0.1) is 0 Å². The van der Waals surface area contributed by atoms with Crippen LogP contribution in [-0.4, -0.2) is 15.3 Å². The van der Waals surface area contributed by atoms with E-state index in [1.807, 2.05) is 18.2 Å². The van der Waals surface area contributed by atoms with Crippen LogP contribution >= 0.6 is 0 Å². The molecule has 1 radical (unpaired) electrons. The van der Waals surface area contributed by atoms with Gasteiger partial charge in [-0.25, -0.2) is 0 Å². The van der Waals surface area contributed by atoms with E-state index in [0.29, 0.717) is 17.2 Å². The number of rotatable bonds is 0. The zero-order chi connectivity index (χ0) is 15.3. The first-order valence-corrected chi connectivity index (χ1v) is 6.40. The van der Waals surface area contributed by atoms with Crippen molar-refractivity contribution in [3.05, 3.63) is 91.0 Å². The van der Waals surface area contributed by atoms with Crippen molar-refractivity contribution in [3.63, 3.8) is 0 Å². The van der Waals surface area contributed by atoms with E-state index in [-0.39, 0.29) is 43.4 Å². The standard InChI is InChI=1S/3C6H6O.2ClH.V/c3*7-6-4-2-1-3-5-6;;;/h3*1-5,7H;2*1H;/q;;;;;+2/p-2. The molecule has 3 N–H and O–H groups in total. The quantitative estimate of drug-likeness (QED) is 0.414. The fourth-order valence-corrected chi connectivity index (χ4v) is 1.28. The van der Waals surface area contributed by atoms with Gasteiger partial charge in [-0.1, -0.05) is 54.6 Å². The van der Waals surface area contributed by atoms with Gasteiger partial charge in [-0.2, -0.15) is 0 Å². The summed E-state index contributed by atoms with van der Waals surface area (Å²) in [6.45, 7) is 0. The Morgan fingerprint density at radius 3 is 0.625 bits per heavy atom. The van der Waals surface area contributed by atoms with Crippen LogP contribution in [0.1, 0.15) is 0 Å². The molecular weight excluding hydrogens is 386 g/mol. The van der Waals surface area contributed by atoms with Crippen LogP contribution in [0.25, 0.3) is 0 Å². The Labute approximate surface area is 166 Å². The molecule has 127 valence electrons. The van der Waals surface area contributed by atoms with Crippen LogP contribution < -0.4 is 24.8 Å². The maximum absolute atomic E-state index is 8.63. The third-order valence-corrected chi connectivity index (χ3v) is 2.27. The summed E-state index contributed by atoms with van der Waals surface area (Å²) in [5.74, 6) is 0.965. The summed E-state index contributed by atoms with van der Waals surface area (Å²) in [6.07, 6.45) is 0. The molecule has 0 amide bonds. The Morgan fingerprint density at radius 1 is 0.375 bits per heavy atom. The third-order valence-electron chi connectivity index (χ3n) is 2.27. The van der Waals surface area contributed by atoms with Crippen molar-refractivity contribution in [1.29, 1.82) is 0 Å². The summed E-state index contributed by atoms with van der Waals surface area (Å²) in [4.78, 5) is 0. The third kappa shape index (κ3) is 15.1. The molecule has 0 saturated heterocycles. The molecule has 0 spiro atoms. The molecule has 3 aromatic rings. The molecule has 0 unspecified atom stereocenters. The van der Waals surface area contributed by atoms with Crippen molar-refractivity contribution < 1.29 is 58.7 Å². The monoisotopic (exact) mass is 403 g/mol. The van der Waals surface area contributed by atoms with E-state index in [0.717, 1.165) is 0 Å². The van der Waals surface area contributed by atoms with Crippen LogP contribution in [0.3, 0.4) is 0 Å². The van der Waals surface area contributed by atoms with Gasteiger partial charge in [0.05, 0.1) is 0 Å². The fourth-order valence-electron chi connectivity index (χ4n) is 1.28. The van der Waals surface area contributed by atoms with Gasteiger partial charge >= 0.3 is 18.6 Å². The smallest absolute Gasteiger partial charge is 1.00 e. The average Bonchev–Trinajstić information content (AvgIpc) is 2.51. The summed E-state index contributed by atoms with van der Waals surface area (Å²) in [5, 5.41) is 25.9. The summed E-state index contributed by atoms with van der Waals surface area (Å²) in [5.41, 5.74) is 0. The van der Waals surface area contributed by atoms with Crippen molar-refractivity contribution in [2.75, 3.05) is 0 Å². The normalized spacial score (nSPS) is 7.50. The van der Waals surface area contributed by atoms with Gasteiger partial charge in [0.15, 0.2) is 0 Å². The first-order chi connectivity index (χ1) is 10.2. The predicted molar refractivity (Wildman–Crippen MR) is 84.3 cm³/mol. The number of benzene rings is 3. The minimum atomic E-state index is 0. The van der Waals surface area contributed by atoms with Crippen molar-refractivity contribution in [1.82, 2.24) is 0 Å². The Bertz CT molecular complexity index is 507. The van der Waals surface area contributed by atoms with Crippen molar-refractivity contribution >= 4 is 0 Å². The first-order valence-electron chi connectivity index (χ1n) is 6.40. The van der Waals surface area contributed by atoms with E-state index < -0.39 is 0 Å². The predicted octanol–water partition coefficient (Wildman–Crippen LogP) is -1.82. The number of hydrogen-bond donors (Lipinski definition) is 3. The minimum Gasteiger partial charge on any atom is -1.00 e. The number of hydrogen-bond acceptors (Lipinski definition) is 3. The van der Waals surface area contributed by atoms with Crippen molar-refractivity contribution in [2.45, 2.75) is 0 Å². The van der Waals surface area contributed by atoms with Gasteiger partial charge < -0.3 is 40.1 Å². The van der Waals surface area contributed by atoms with Crippen LogP contribution in [0.5, 0.6) is 17.2 Å². The maximum Gasteiger partial charge on any atom is 2.00 e. The van der Waals surface area contributed by atoms with Gasteiger partial charge in [0, 0.05) is 0 Å². The van der Waals surface area contributed by atoms with E-state index in [4.69, 9.17) is 15.3 Å². The summed E-state index contributed by atoms with van der Waals surface area (Å²) in [6, 6.07) is 26.1. The Hall–Kier alpha value is -1.78. The molecule has 0 aliphatic carbocycles. The molecular formula is C18H18Cl2O3V. The second-order valence-electron chi connectivity index (χ2n) is 4.01. The van der Waals surface area contributed by atoms with E-state index in [1.165, 1.54) is 0 Å². The van der Waals surface area contributed by atoms with Gasteiger partial charge in [-0.15, -0.1) is 0 Å². The van der Waals surface area contributed by atoms with E-state index >= 15 is 0 Å². The van der Waals surface area contributed by atoms with E-state index in [9.17, 15) is 0 Å². The Morgan fingerprint density at radius 2 is 0.542 bits per heavy atom. The SMILES string of the molecule is Oc1ccccc1.Oc1ccccc1.Oc1ccccc1.[Cl-].[Cl-].[V+2]. The van der Waals surface area contributed by atoms with Gasteiger partial charge in [-0.3, -0.25) is 0 Å². The summed E-state index contributed by atoms with van der Waals surface area (Å²) < 4.78 is 0. The molecule has 3 rings (SSSR count). The average molecular weight is 404 g/mol.